The highest BCUT2D eigenvalue weighted by molar-refractivity contribution is 5.40. The number of piperidine rings is 1. The van der Waals surface area contributed by atoms with E-state index in [0.29, 0.717) is 24.2 Å². The molecule has 0 spiro atoms. The Balaban J connectivity index is 1.25. The summed E-state index contributed by atoms with van der Waals surface area (Å²) in [6, 6.07) is 7.27. The number of nitrogens with zero attached hydrogens (tertiary/aromatic N) is 7. The van der Waals surface area contributed by atoms with E-state index in [0.717, 1.165) is 31.7 Å². The molecule has 1 aliphatic carbocycles. The van der Waals surface area contributed by atoms with Crippen molar-refractivity contribution in [3.8, 4) is 5.82 Å². The predicted molar refractivity (Wildman–Crippen MR) is 105 cm³/mol. The molecule has 1 aliphatic heterocycles. The molecular weight excluding hydrogens is 354 g/mol. The van der Waals surface area contributed by atoms with E-state index in [4.69, 9.17) is 0 Å². The predicted octanol–water partition coefficient (Wildman–Crippen LogP) is 2.01. The lowest BCUT2D eigenvalue weighted by atomic mass is 9.97. The van der Waals surface area contributed by atoms with E-state index in [9.17, 15) is 4.79 Å². The molecule has 4 heterocycles. The summed E-state index contributed by atoms with van der Waals surface area (Å²) < 4.78 is 3.25. The van der Waals surface area contributed by atoms with Gasteiger partial charge in [-0.15, -0.1) is 5.10 Å². The summed E-state index contributed by atoms with van der Waals surface area (Å²) in [5, 5.41) is 8.69. The first-order chi connectivity index (χ1) is 13.8. The third-order valence-corrected chi connectivity index (χ3v) is 5.63. The Labute approximate surface area is 162 Å². The summed E-state index contributed by atoms with van der Waals surface area (Å²) in [5.74, 6) is 2.76. The van der Waals surface area contributed by atoms with Gasteiger partial charge in [0.25, 0.3) is 5.56 Å². The van der Waals surface area contributed by atoms with E-state index in [1.165, 1.54) is 18.5 Å². The normalized spacial score (nSPS) is 17.8. The van der Waals surface area contributed by atoms with Crippen molar-refractivity contribution in [3.05, 3.63) is 59.0 Å². The first-order valence-electron chi connectivity index (χ1n) is 9.91. The van der Waals surface area contributed by atoms with Crippen LogP contribution >= 0.6 is 0 Å². The maximum atomic E-state index is 12.3. The summed E-state index contributed by atoms with van der Waals surface area (Å²) in [6.45, 7) is 2.53. The SMILES string of the molecule is O=c1ccc(-n2cccn2)nn1CC1CCN(c2cc(C3CC3)ncn2)CC1. The van der Waals surface area contributed by atoms with E-state index in [2.05, 4.69) is 31.1 Å². The van der Waals surface area contributed by atoms with Crippen molar-refractivity contribution in [2.45, 2.75) is 38.1 Å². The van der Waals surface area contributed by atoms with Crippen molar-refractivity contribution >= 4 is 5.82 Å². The van der Waals surface area contributed by atoms with Gasteiger partial charge in [0.1, 0.15) is 12.1 Å². The number of hydrogen-bond acceptors (Lipinski definition) is 6. The average Bonchev–Trinajstić information content (AvgIpc) is 3.45. The maximum Gasteiger partial charge on any atom is 0.266 e. The van der Waals surface area contributed by atoms with Crippen molar-refractivity contribution in [3.63, 3.8) is 0 Å². The van der Waals surface area contributed by atoms with E-state index >= 15 is 0 Å². The van der Waals surface area contributed by atoms with Gasteiger partial charge in [-0.05, 0) is 43.7 Å². The van der Waals surface area contributed by atoms with Crippen LogP contribution in [0.15, 0.2) is 47.8 Å². The van der Waals surface area contributed by atoms with E-state index in [1.807, 2.05) is 12.3 Å². The monoisotopic (exact) mass is 377 g/mol. The highest BCUT2D eigenvalue weighted by Crippen LogP contribution is 2.39. The first kappa shape index (κ1) is 17.1. The Morgan fingerprint density at radius 2 is 1.89 bits per heavy atom. The zero-order valence-electron chi connectivity index (χ0n) is 15.7. The number of aromatic nitrogens is 6. The Kier molecular flexibility index (Phi) is 4.38. The molecule has 0 unspecified atom stereocenters. The smallest absolute Gasteiger partial charge is 0.266 e. The second-order valence-corrected chi connectivity index (χ2v) is 7.67. The fourth-order valence-electron chi connectivity index (χ4n) is 3.82. The zero-order chi connectivity index (χ0) is 18.9. The summed E-state index contributed by atoms with van der Waals surface area (Å²) in [5.41, 5.74) is 1.11. The van der Waals surface area contributed by atoms with Crippen LogP contribution in [0.2, 0.25) is 0 Å². The molecule has 2 fully saturated rings. The molecule has 8 heteroatoms. The third-order valence-electron chi connectivity index (χ3n) is 5.63. The Morgan fingerprint density at radius 3 is 2.64 bits per heavy atom. The van der Waals surface area contributed by atoms with Gasteiger partial charge in [0.15, 0.2) is 5.82 Å². The van der Waals surface area contributed by atoms with Crippen LogP contribution in [0.3, 0.4) is 0 Å². The van der Waals surface area contributed by atoms with Gasteiger partial charge >= 0.3 is 0 Å². The van der Waals surface area contributed by atoms with Crippen molar-refractivity contribution in [2.24, 2.45) is 5.92 Å². The molecular formula is C20H23N7O. The summed E-state index contributed by atoms with van der Waals surface area (Å²) >= 11 is 0. The van der Waals surface area contributed by atoms with Crippen LogP contribution in [0.5, 0.6) is 0 Å². The Bertz CT molecular complexity index is 1000. The van der Waals surface area contributed by atoms with E-state index in [1.54, 1.807) is 34.0 Å². The minimum Gasteiger partial charge on any atom is -0.356 e. The van der Waals surface area contributed by atoms with Crippen molar-refractivity contribution in [2.75, 3.05) is 18.0 Å². The average molecular weight is 377 g/mol. The molecule has 0 bridgehead atoms. The van der Waals surface area contributed by atoms with Gasteiger partial charge in [-0.25, -0.2) is 19.3 Å². The van der Waals surface area contributed by atoms with Crippen LogP contribution in [-0.2, 0) is 6.54 Å². The fraction of sp³-hybridized carbons (Fsp3) is 0.450. The standard InChI is InChI=1S/C20H23N7O/c28-20-5-4-18(26-9-1-8-23-26)24-27(20)13-15-6-10-25(11-7-15)19-12-17(16-2-3-16)21-14-22-19/h1,4-5,8-9,12,14-16H,2-3,6-7,10-11,13H2. The summed E-state index contributed by atoms with van der Waals surface area (Å²) in [7, 11) is 0. The second kappa shape index (κ2) is 7.18. The van der Waals surface area contributed by atoms with Crippen molar-refractivity contribution in [1.82, 2.24) is 29.5 Å². The largest absolute Gasteiger partial charge is 0.356 e. The van der Waals surface area contributed by atoms with Gasteiger partial charge < -0.3 is 4.90 Å². The lowest BCUT2D eigenvalue weighted by Crippen LogP contribution is -2.37. The molecule has 0 atom stereocenters. The van der Waals surface area contributed by atoms with Crippen LogP contribution in [0.25, 0.3) is 5.82 Å². The van der Waals surface area contributed by atoms with Crippen molar-refractivity contribution in [1.29, 1.82) is 0 Å². The molecule has 144 valence electrons. The molecule has 8 nitrogen and oxygen atoms in total. The van der Waals surface area contributed by atoms with Gasteiger partial charge in [-0.1, -0.05) is 0 Å². The van der Waals surface area contributed by atoms with Gasteiger partial charge in [-0.2, -0.15) is 5.10 Å². The Morgan fingerprint density at radius 1 is 1.04 bits per heavy atom. The van der Waals surface area contributed by atoms with Crippen LogP contribution in [0, 0.1) is 5.92 Å². The molecule has 3 aromatic heterocycles. The minimum absolute atomic E-state index is 0.0665. The molecule has 5 rings (SSSR count). The minimum atomic E-state index is -0.0665. The highest BCUT2D eigenvalue weighted by Gasteiger charge is 2.27. The zero-order valence-corrected chi connectivity index (χ0v) is 15.7. The molecule has 0 N–H and O–H groups in total. The van der Waals surface area contributed by atoms with Crippen LogP contribution in [0.1, 0.15) is 37.3 Å². The fourth-order valence-corrected chi connectivity index (χ4v) is 3.82. The van der Waals surface area contributed by atoms with Crippen molar-refractivity contribution < 1.29 is 0 Å². The molecule has 0 aromatic carbocycles. The van der Waals surface area contributed by atoms with E-state index < -0.39 is 0 Å². The van der Waals surface area contributed by atoms with Crippen LogP contribution in [0.4, 0.5) is 5.82 Å². The topological polar surface area (TPSA) is 81.7 Å². The summed E-state index contributed by atoms with van der Waals surface area (Å²) in [6.07, 6.45) is 9.75. The lowest BCUT2D eigenvalue weighted by molar-refractivity contribution is 0.333. The molecule has 0 radical (unpaired) electrons. The number of rotatable bonds is 5. The number of anilines is 1. The van der Waals surface area contributed by atoms with Crippen LogP contribution < -0.4 is 10.5 Å². The summed E-state index contributed by atoms with van der Waals surface area (Å²) in [4.78, 5) is 23.5. The van der Waals surface area contributed by atoms with E-state index in [-0.39, 0.29) is 5.56 Å². The molecule has 3 aromatic rings. The number of hydrogen-bond donors (Lipinski definition) is 0. The maximum absolute atomic E-state index is 12.3. The Hall–Kier alpha value is -3.03. The third kappa shape index (κ3) is 3.54. The highest BCUT2D eigenvalue weighted by atomic mass is 16.1. The second-order valence-electron chi connectivity index (χ2n) is 7.67. The molecule has 28 heavy (non-hydrogen) atoms. The molecule has 1 saturated heterocycles. The van der Waals surface area contributed by atoms with Gasteiger partial charge in [0, 0.05) is 55.8 Å². The molecule has 1 saturated carbocycles. The lowest BCUT2D eigenvalue weighted by Gasteiger charge is -2.32. The van der Waals surface area contributed by atoms with Gasteiger partial charge in [0.2, 0.25) is 0 Å². The van der Waals surface area contributed by atoms with Crippen LogP contribution in [-0.4, -0.2) is 42.6 Å². The van der Waals surface area contributed by atoms with Gasteiger partial charge in [0.05, 0.1) is 0 Å². The first-order valence-corrected chi connectivity index (χ1v) is 9.91. The molecule has 2 aliphatic rings. The van der Waals surface area contributed by atoms with Gasteiger partial charge in [-0.3, -0.25) is 4.79 Å². The quantitative estimate of drug-likeness (QED) is 0.677. The molecule has 0 amide bonds.